The molecule has 1 amide bonds. The summed E-state index contributed by atoms with van der Waals surface area (Å²) in [6.07, 6.45) is -0.0979. The van der Waals surface area contributed by atoms with Crippen LogP contribution in [-0.4, -0.2) is 23.9 Å². The van der Waals surface area contributed by atoms with E-state index in [9.17, 15) is 4.79 Å². The van der Waals surface area contributed by atoms with Crippen LogP contribution >= 0.6 is 11.6 Å². The van der Waals surface area contributed by atoms with E-state index in [1.165, 1.54) is 11.1 Å². The highest BCUT2D eigenvalue weighted by Crippen LogP contribution is 2.24. The van der Waals surface area contributed by atoms with Crippen molar-refractivity contribution < 1.29 is 9.53 Å². The summed E-state index contributed by atoms with van der Waals surface area (Å²) in [6, 6.07) is 4.15. The fourth-order valence-electron chi connectivity index (χ4n) is 1.77. The minimum absolute atomic E-state index is 0.0979. The number of benzene rings is 1. The van der Waals surface area contributed by atoms with Crippen LogP contribution in [-0.2, 0) is 4.79 Å². The molecule has 0 bridgehead atoms. The Kier molecular flexibility index (Phi) is 5.67. The summed E-state index contributed by atoms with van der Waals surface area (Å²) >= 11 is 5.69. The van der Waals surface area contributed by atoms with Gasteiger partial charge < -0.3 is 10.1 Å². The van der Waals surface area contributed by atoms with Crippen LogP contribution in [0.25, 0.3) is 0 Å². The lowest BCUT2D eigenvalue weighted by Crippen LogP contribution is -2.37. The molecule has 106 valence electrons. The summed E-state index contributed by atoms with van der Waals surface area (Å²) in [6.45, 7) is 10.2. The summed E-state index contributed by atoms with van der Waals surface area (Å²) in [5.74, 6) is 0.701. The molecular formula is C15H22ClNO2. The van der Waals surface area contributed by atoms with Crippen LogP contribution in [0.5, 0.6) is 5.75 Å². The molecule has 0 heterocycles. The van der Waals surface area contributed by atoms with Crippen molar-refractivity contribution in [2.75, 3.05) is 6.54 Å². The van der Waals surface area contributed by atoms with E-state index < -0.39 is 5.38 Å². The number of carbonyl (C=O) groups excluding carboxylic acids is 1. The zero-order valence-electron chi connectivity index (χ0n) is 12.2. The highest BCUT2D eigenvalue weighted by atomic mass is 35.5. The van der Waals surface area contributed by atoms with Crippen LogP contribution < -0.4 is 10.1 Å². The van der Waals surface area contributed by atoms with Crippen molar-refractivity contribution in [1.82, 2.24) is 5.32 Å². The van der Waals surface area contributed by atoms with E-state index >= 15 is 0 Å². The lowest BCUT2D eigenvalue weighted by atomic mass is 10.1. The van der Waals surface area contributed by atoms with Gasteiger partial charge in [0, 0.05) is 0 Å². The van der Waals surface area contributed by atoms with Gasteiger partial charge in [0.1, 0.15) is 17.2 Å². The third kappa shape index (κ3) is 4.75. The van der Waals surface area contributed by atoms with E-state index in [0.29, 0.717) is 6.54 Å². The summed E-state index contributed by atoms with van der Waals surface area (Å²) < 4.78 is 5.88. The largest absolute Gasteiger partial charge is 0.489 e. The molecule has 1 N–H and O–H groups in total. The molecule has 2 unspecified atom stereocenters. The third-order valence-corrected chi connectivity index (χ3v) is 3.22. The molecule has 0 spiro atoms. The van der Waals surface area contributed by atoms with Crippen LogP contribution in [0.2, 0.25) is 0 Å². The molecule has 0 saturated carbocycles. The minimum atomic E-state index is -0.518. The van der Waals surface area contributed by atoms with Crippen molar-refractivity contribution in [2.24, 2.45) is 0 Å². The molecule has 0 saturated heterocycles. The predicted molar refractivity (Wildman–Crippen MR) is 79.1 cm³/mol. The van der Waals surface area contributed by atoms with E-state index in [4.69, 9.17) is 16.3 Å². The monoisotopic (exact) mass is 283 g/mol. The van der Waals surface area contributed by atoms with Gasteiger partial charge in [0.2, 0.25) is 5.91 Å². The van der Waals surface area contributed by atoms with Gasteiger partial charge in [-0.1, -0.05) is 6.07 Å². The van der Waals surface area contributed by atoms with Gasteiger partial charge in [-0.05, 0) is 57.4 Å². The van der Waals surface area contributed by atoms with Gasteiger partial charge in [-0.15, -0.1) is 11.6 Å². The Labute approximate surface area is 120 Å². The normalized spacial score (nSPS) is 13.8. The number of amides is 1. The third-order valence-electron chi connectivity index (χ3n) is 3.02. The fraction of sp³-hybridized carbons (Fsp3) is 0.533. The molecule has 0 aliphatic heterocycles. The van der Waals surface area contributed by atoms with E-state index in [1.807, 2.05) is 26.8 Å². The molecule has 0 radical (unpaired) electrons. The van der Waals surface area contributed by atoms with Crippen molar-refractivity contribution in [3.05, 3.63) is 28.8 Å². The molecular weight excluding hydrogens is 262 g/mol. The van der Waals surface area contributed by atoms with Crippen molar-refractivity contribution in [3.63, 3.8) is 0 Å². The Hall–Kier alpha value is -1.22. The highest BCUT2D eigenvalue weighted by molar-refractivity contribution is 6.30. The van der Waals surface area contributed by atoms with Crippen molar-refractivity contribution >= 4 is 17.5 Å². The van der Waals surface area contributed by atoms with Gasteiger partial charge >= 0.3 is 0 Å². The second kappa shape index (κ2) is 6.80. The molecule has 1 rings (SSSR count). The summed E-state index contributed by atoms with van der Waals surface area (Å²) in [5, 5.41) is 2.24. The van der Waals surface area contributed by atoms with E-state index in [-0.39, 0.29) is 12.0 Å². The Morgan fingerprint density at radius 3 is 2.53 bits per heavy atom. The molecule has 19 heavy (non-hydrogen) atoms. The minimum Gasteiger partial charge on any atom is -0.489 e. The Morgan fingerprint density at radius 1 is 1.32 bits per heavy atom. The average molecular weight is 284 g/mol. The number of carbonyl (C=O) groups is 1. The first-order valence-electron chi connectivity index (χ1n) is 6.47. The van der Waals surface area contributed by atoms with E-state index in [2.05, 4.69) is 18.3 Å². The molecule has 0 aliphatic carbocycles. The van der Waals surface area contributed by atoms with Crippen LogP contribution in [0, 0.1) is 20.8 Å². The number of alkyl halides is 1. The van der Waals surface area contributed by atoms with E-state index in [1.54, 1.807) is 6.92 Å². The zero-order valence-corrected chi connectivity index (χ0v) is 13.0. The Morgan fingerprint density at radius 2 is 1.95 bits per heavy atom. The van der Waals surface area contributed by atoms with Gasteiger partial charge in [0.15, 0.2) is 0 Å². The zero-order chi connectivity index (χ0) is 14.6. The maximum absolute atomic E-state index is 11.4. The van der Waals surface area contributed by atoms with Gasteiger partial charge in [-0.3, -0.25) is 4.79 Å². The summed E-state index contributed by atoms with van der Waals surface area (Å²) in [5.41, 5.74) is 3.51. The van der Waals surface area contributed by atoms with Gasteiger partial charge in [-0.25, -0.2) is 0 Å². The maximum Gasteiger partial charge on any atom is 0.237 e. The fourth-order valence-corrected chi connectivity index (χ4v) is 1.84. The number of hydrogen-bond donors (Lipinski definition) is 1. The van der Waals surface area contributed by atoms with Gasteiger partial charge in [-0.2, -0.15) is 0 Å². The molecule has 1 aromatic rings. The quantitative estimate of drug-likeness (QED) is 0.843. The standard InChI is InChI=1S/C15H22ClNO2/c1-9-6-10(2)12(4)14(7-9)19-11(3)8-17-15(18)13(5)16/h6-7,11,13H,8H2,1-5H3,(H,17,18). The maximum atomic E-state index is 11.4. The smallest absolute Gasteiger partial charge is 0.237 e. The van der Waals surface area contributed by atoms with Crippen LogP contribution in [0.4, 0.5) is 0 Å². The second-order valence-corrected chi connectivity index (χ2v) is 5.65. The van der Waals surface area contributed by atoms with Crippen molar-refractivity contribution in [3.8, 4) is 5.75 Å². The number of nitrogens with one attached hydrogen (secondary N) is 1. The lowest BCUT2D eigenvalue weighted by molar-refractivity contribution is -0.120. The van der Waals surface area contributed by atoms with Gasteiger partial charge in [0.05, 0.1) is 6.54 Å². The van der Waals surface area contributed by atoms with Crippen LogP contribution in [0.15, 0.2) is 12.1 Å². The van der Waals surface area contributed by atoms with E-state index in [0.717, 1.165) is 11.3 Å². The van der Waals surface area contributed by atoms with Crippen molar-refractivity contribution in [1.29, 1.82) is 0 Å². The Bertz CT molecular complexity index is 458. The molecule has 0 aliphatic rings. The van der Waals surface area contributed by atoms with Gasteiger partial charge in [0.25, 0.3) is 0 Å². The summed E-state index contributed by atoms with van der Waals surface area (Å²) in [4.78, 5) is 11.4. The molecule has 3 nitrogen and oxygen atoms in total. The topological polar surface area (TPSA) is 38.3 Å². The highest BCUT2D eigenvalue weighted by Gasteiger charge is 2.12. The number of ether oxygens (including phenoxy) is 1. The molecule has 1 aromatic carbocycles. The first-order chi connectivity index (χ1) is 8.81. The number of hydrogen-bond acceptors (Lipinski definition) is 2. The predicted octanol–water partition coefficient (Wildman–Crippen LogP) is 3.12. The first kappa shape index (κ1) is 15.8. The number of rotatable bonds is 5. The molecule has 4 heteroatoms. The lowest BCUT2D eigenvalue weighted by Gasteiger charge is -2.19. The van der Waals surface area contributed by atoms with Crippen LogP contribution in [0.3, 0.4) is 0 Å². The SMILES string of the molecule is Cc1cc(C)c(C)c(OC(C)CNC(=O)C(C)Cl)c1. The molecule has 0 aromatic heterocycles. The van der Waals surface area contributed by atoms with Crippen LogP contribution in [0.1, 0.15) is 30.5 Å². The second-order valence-electron chi connectivity index (χ2n) is 4.99. The molecule has 0 fully saturated rings. The number of aryl methyl sites for hydroxylation is 2. The number of halogens is 1. The average Bonchev–Trinajstić information content (AvgIpc) is 2.32. The molecule has 2 atom stereocenters. The van der Waals surface area contributed by atoms with Crippen molar-refractivity contribution in [2.45, 2.75) is 46.1 Å². The first-order valence-corrected chi connectivity index (χ1v) is 6.91. The summed E-state index contributed by atoms with van der Waals surface area (Å²) in [7, 11) is 0. The Balaban J connectivity index is 2.62.